The van der Waals surface area contributed by atoms with Gasteiger partial charge < -0.3 is 38.6 Å². The van der Waals surface area contributed by atoms with Gasteiger partial charge in [-0.05, 0) is 85.4 Å². The van der Waals surface area contributed by atoms with E-state index in [2.05, 4.69) is 27.7 Å². The van der Waals surface area contributed by atoms with E-state index >= 15 is 0 Å². The minimum atomic E-state index is -1.26. The lowest BCUT2D eigenvalue weighted by molar-refractivity contribution is -0.368. The molecule has 9 heteroatoms. The maximum Gasteiger partial charge on any atom is 0.186 e. The Bertz CT molecular complexity index is 1400. The molecule has 18 atom stereocenters. The quantitative estimate of drug-likeness (QED) is 0.397. The van der Waals surface area contributed by atoms with Crippen molar-refractivity contribution in [1.82, 2.24) is 0 Å². The molecule has 0 unspecified atom stereocenters. The summed E-state index contributed by atoms with van der Waals surface area (Å²) in [6.45, 7) is 10.6. The number of carbonyl (C=O) groups is 1. The van der Waals surface area contributed by atoms with Crippen molar-refractivity contribution in [1.29, 1.82) is 0 Å². The molecule has 270 valence electrons. The van der Waals surface area contributed by atoms with E-state index in [-0.39, 0.29) is 35.6 Å². The first-order valence-corrected chi connectivity index (χ1v) is 19.3. The number of hydrogen-bond donors (Lipinski definition) is 2. The van der Waals surface area contributed by atoms with E-state index in [4.69, 9.17) is 28.4 Å². The molecule has 4 heterocycles. The summed E-state index contributed by atoms with van der Waals surface area (Å²) >= 11 is 0. The molecule has 1 aromatic rings. The van der Waals surface area contributed by atoms with Crippen molar-refractivity contribution in [2.75, 3.05) is 13.2 Å². The Morgan fingerprint density at radius 2 is 1.65 bits per heavy atom. The van der Waals surface area contributed by atoms with Crippen LogP contribution in [-0.4, -0.2) is 77.9 Å². The van der Waals surface area contributed by atoms with Crippen LogP contribution in [-0.2, 0) is 33.2 Å². The first-order chi connectivity index (χ1) is 23.5. The Balaban J connectivity index is 0.857. The fourth-order valence-corrected chi connectivity index (χ4v) is 12.8. The Morgan fingerprint density at radius 1 is 0.857 bits per heavy atom. The van der Waals surface area contributed by atoms with Gasteiger partial charge in [0.15, 0.2) is 18.4 Å². The van der Waals surface area contributed by atoms with Crippen LogP contribution in [0.4, 0.5) is 0 Å². The van der Waals surface area contributed by atoms with E-state index < -0.39 is 42.8 Å². The minimum absolute atomic E-state index is 0.0661. The Hall–Kier alpha value is -1.43. The molecule has 4 saturated carbocycles. The summed E-state index contributed by atoms with van der Waals surface area (Å²) in [5.41, 5.74) is 0.957. The van der Waals surface area contributed by atoms with Crippen LogP contribution in [0.2, 0.25) is 0 Å². The zero-order valence-electron chi connectivity index (χ0n) is 29.6. The molecule has 4 aliphatic carbocycles. The van der Waals surface area contributed by atoms with Gasteiger partial charge in [-0.2, -0.15) is 0 Å². The highest BCUT2D eigenvalue weighted by molar-refractivity contribution is 5.83. The average molecular weight is 681 g/mol. The first-order valence-electron chi connectivity index (χ1n) is 19.3. The van der Waals surface area contributed by atoms with E-state index in [0.29, 0.717) is 54.1 Å². The monoisotopic (exact) mass is 680 g/mol. The van der Waals surface area contributed by atoms with E-state index in [1.54, 1.807) is 0 Å². The summed E-state index contributed by atoms with van der Waals surface area (Å²) < 4.78 is 38.1. The van der Waals surface area contributed by atoms with Gasteiger partial charge >= 0.3 is 0 Å². The molecule has 0 amide bonds. The smallest absolute Gasteiger partial charge is 0.186 e. The molecule has 0 aromatic heterocycles. The molecule has 0 bridgehead atoms. The molecular weight excluding hydrogens is 624 g/mol. The molecular formula is C40H56O9. The summed E-state index contributed by atoms with van der Waals surface area (Å²) in [5.74, 6) is 2.75. The van der Waals surface area contributed by atoms with Gasteiger partial charge in [-0.25, -0.2) is 0 Å². The number of carbonyl (C=O) groups excluding carboxylic acids is 1. The molecule has 4 aliphatic heterocycles. The van der Waals surface area contributed by atoms with Gasteiger partial charge in [-0.1, -0.05) is 58.0 Å². The van der Waals surface area contributed by atoms with Crippen LogP contribution < -0.4 is 0 Å². The van der Waals surface area contributed by atoms with E-state index in [9.17, 15) is 15.0 Å². The van der Waals surface area contributed by atoms with Crippen LogP contribution in [0.15, 0.2) is 30.3 Å². The van der Waals surface area contributed by atoms with Crippen LogP contribution in [0.1, 0.15) is 97.3 Å². The Kier molecular flexibility index (Phi) is 8.22. The standard InChI is InChI=1S/C40H56O9/c1-21-10-15-40(45-19-21)22(2)32-30(49-40)18-27-25-17-29(41)28-16-24(11-13-38(28,3)26(25)12-14-39(27,32)4)46-37-34(43)33(42)35-31(47-37)20-44-36(48-35)23-8-6-5-7-9-23/h5-9,21-22,24-28,30-37,42-43H,10-20H2,1-4H3/t21-,22+,24+,25-,26+,27+,28-,30+,31-,32+,33-,34-,35-,36-,37-,38-,39+,40-/m1/s1. The lowest BCUT2D eigenvalue weighted by atomic mass is 9.44. The summed E-state index contributed by atoms with van der Waals surface area (Å²) in [4.78, 5) is 14.2. The SMILES string of the molecule is C[C@@H]1CC[C@@]2(OC1)O[C@H]1C[C@H]3[C@@H]4CC(=O)[C@H]5C[C@@H](O[C@@H]6O[C@@H]7CO[C@@H](c8ccccc8)O[C@H]7[C@H](O)[C@H]6O)CC[C@]5(C)[C@H]4CC[C@]3(C)[C@H]1[C@@H]2C. The molecule has 2 N–H and O–H groups in total. The molecule has 49 heavy (non-hydrogen) atoms. The molecule has 8 fully saturated rings. The summed E-state index contributed by atoms with van der Waals surface area (Å²) in [7, 11) is 0. The number of rotatable bonds is 3. The van der Waals surface area contributed by atoms with Crippen molar-refractivity contribution >= 4 is 5.78 Å². The zero-order chi connectivity index (χ0) is 33.9. The van der Waals surface area contributed by atoms with Crippen molar-refractivity contribution in [3.8, 4) is 0 Å². The van der Waals surface area contributed by atoms with Crippen LogP contribution in [0.25, 0.3) is 0 Å². The van der Waals surface area contributed by atoms with Crippen LogP contribution in [0.3, 0.4) is 0 Å². The van der Waals surface area contributed by atoms with Gasteiger partial charge in [0.05, 0.1) is 25.4 Å². The van der Waals surface area contributed by atoms with Crippen molar-refractivity contribution in [3.05, 3.63) is 35.9 Å². The van der Waals surface area contributed by atoms with E-state index in [1.165, 1.54) is 12.8 Å². The second-order valence-corrected chi connectivity index (χ2v) is 17.9. The predicted molar refractivity (Wildman–Crippen MR) is 178 cm³/mol. The number of hydrogen-bond acceptors (Lipinski definition) is 9. The van der Waals surface area contributed by atoms with E-state index in [1.807, 2.05) is 30.3 Å². The summed E-state index contributed by atoms with van der Waals surface area (Å²) in [6, 6.07) is 9.57. The highest BCUT2D eigenvalue weighted by atomic mass is 16.8. The molecule has 1 spiro atoms. The number of Topliss-reactive ketones (excluding diaryl/α,β-unsaturated/α-hetero) is 1. The fourth-order valence-electron chi connectivity index (χ4n) is 12.8. The van der Waals surface area contributed by atoms with Crippen molar-refractivity contribution < 1.29 is 43.4 Å². The largest absolute Gasteiger partial charge is 0.387 e. The minimum Gasteiger partial charge on any atom is -0.387 e. The normalized spacial score (nSPS) is 55.2. The number of aliphatic hydroxyl groups is 2. The fraction of sp³-hybridized carbons (Fsp3) is 0.825. The van der Waals surface area contributed by atoms with Gasteiger partial charge in [0.25, 0.3) is 0 Å². The topological polar surface area (TPSA) is 113 Å². The average Bonchev–Trinajstić information content (AvgIpc) is 3.55. The molecule has 0 radical (unpaired) electrons. The number of ketones is 1. The lowest BCUT2D eigenvalue weighted by Crippen LogP contribution is -2.63. The summed E-state index contributed by atoms with van der Waals surface area (Å²) in [6.07, 6.45) is 3.17. The number of fused-ring (bicyclic) bond motifs is 8. The number of aliphatic hydroxyl groups excluding tert-OH is 2. The van der Waals surface area contributed by atoms with Crippen molar-refractivity contribution in [3.63, 3.8) is 0 Å². The second-order valence-electron chi connectivity index (χ2n) is 17.9. The predicted octanol–water partition coefficient (Wildman–Crippen LogP) is 5.56. The van der Waals surface area contributed by atoms with Gasteiger partial charge in [0.1, 0.15) is 30.2 Å². The molecule has 9 nitrogen and oxygen atoms in total. The summed E-state index contributed by atoms with van der Waals surface area (Å²) in [5, 5.41) is 22.3. The maximum absolute atomic E-state index is 14.2. The highest BCUT2D eigenvalue weighted by Gasteiger charge is 2.70. The first kappa shape index (κ1) is 33.4. The van der Waals surface area contributed by atoms with Crippen molar-refractivity contribution in [2.24, 2.45) is 52.3 Å². The van der Waals surface area contributed by atoms with Crippen LogP contribution in [0.5, 0.6) is 0 Å². The van der Waals surface area contributed by atoms with Gasteiger partial charge in [-0.3, -0.25) is 4.79 Å². The van der Waals surface area contributed by atoms with Gasteiger partial charge in [-0.15, -0.1) is 0 Å². The highest BCUT2D eigenvalue weighted by Crippen LogP contribution is 2.71. The van der Waals surface area contributed by atoms with Gasteiger partial charge in [0, 0.05) is 30.2 Å². The Morgan fingerprint density at radius 3 is 2.43 bits per heavy atom. The molecule has 9 rings (SSSR count). The maximum atomic E-state index is 14.2. The third kappa shape index (κ3) is 5.11. The number of benzene rings is 1. The molecule has 8 aliphatic rings. The third-order valence-electron chi connectivity index (χ3n) is 15.4. The van der Waals surface area contributed by atoms with Crippen LogP contribution in [0, 0.1) is 52.3 Å². The third-order valence-corrected chi connectivity index (χ3v) is 15.4. The lowest BCUT2D eigenvalue weighted by Gasteiger charge is -2.60. The molecule has 1 aromatic carbocycles. The molecule has 4 saturated heterocycles. The second kappa shape index (κ2) is 12.1. The van der Waals surface area contributed by atoms with Crippen LogP contribution >= 0.6 is 0 Å². The van der Waals surface area contributed by atoms with Crippen molar-refractivity contribution in [2.45, 2.75) is 140 Å². The van der Waals surface area contributed by atoms with E-state index in [0.717, 1.165) is 44.3 Å². The zero-order valence-corrected chi connectivity index (χ0v) is 29.6. The Labute approximate surface area is 290 Å². The number of ether oxygens (including phenoxy) is 6. The van der Waals surface area contributed by atoms with Gasteiger partial charge in [0.2, 0.25) is 0 Å².